The number of benzene rings is 2. The molecule has 9 heteroatoms. The van der Waals surface area contributed by atoms with Gasteiger partial charge in [0.25, 0.3) is 5.91 Å². The maximum atomic E-state index is 13.2. The number of nitrogens with two attached hydrogens (primary N) is 1. The van der Waals surface area contributed by atoms with Gasteiger partial charge >= 0.3 is 0 Å². The first-order valence-electron chi connectivity index (χ1n) is 11.8. The van der Waals surface area contributed by atoms with Crippen LogP contribution in [0.1, 0.15) is 64.7 Å². The van der Waals surface area contributed by atoms with E-state index in [-0.39, 0.29) is 31.1 Å². The van der Waals surface area contributed by atoms with Crippen LogP contribution in [0, 0.1) is 31.5 Å². The second kappa shape index (κ2) is 10.9. The van der Waals surface area contributed by atoms with Crippen LogP contribution in [0.3, 0.4) is 0 Å². The van der Waals surface area contributed by atoms with Crippen molar-refractivity contribution in [2.24, 2.45) is 5.73 Å². The van der Waals surface area contributed by atoms with Gasteiger partial charge in [-0.1, -0.05) is 31.4 Å². The van der Waals surface area contributed by atoms with Crippen LogP contribution in [0.15, 0.2) is 42.5 Å². The van der Waals surface area contributed by atoms with Crippen molar-refractivity contribution in [3.05, 3.63) is 81.9 Å². The van der Waals surface area contributed by atoms with E-state index in [1.165, 1.54) is 19.2 Å². The van der Waals surface area contributed by atoms with Gasteiger partial charge in [0.2, 0.25) is 12.3 Å². The highest BCUT2D eigenvalue weighted by Gasteiger charge is 2.56. The summed E-state index contributed by atoms with van der Waals surface area (Å²) in [6.45, 7) is 5.53. The number of nitrogens with one attached hydrogen (secondary N) is 4. The maximum absolute atomic E-state index is 13.2. The summed E-state index contributed by atoms with van der Waals surface area (Å²) in [5.74, 6) is 4.81. The van der Waals surface area contributed by atoms with Crippen LogP contribution in [0.4, 0.5) is 15.8 Å². The predicted octanol–water partition coefficient (Wildman–Crippen LogP) is 4.03. The minimum absolute atomic E-state index is 0. The lowest BCUT2D eigenvalue weighted by molar-refractivity contribution is -0.119. The number of carbonyl (C=O) groups is 3. The zero-order chi connectivity index (χ0) is 26.9. The number of halogens is 1. The Morgan fingerprint density at radius 1 is 1.18 bits per heavy atom. The summed E-state index contributed by atoms with van der Waals surface area (Å²) < 4.78 is 13.2. The van der Waals surface area contributed by atoms with Crippen LogP contribution in [0.2, 0.25) is 0 Å². The third-order valence-electron chi connectivity index (χ3n) is 6.85. The number of aryl methyl sites for hydroxylation is 1. The zero-order valence-corrected chi connectivity index (χ0v) is 21.0. The molecule has 6 N–H and O–H groups in total. The molecule has 0 saturated heterocycles. The number of rotatable bonds is 6. The molecule has 2 aliphatic rings. The Kier molecular flexibility index (Phi) is 8.08. The second-order valence-corrected chi connectivity index (χ2v) is 8.90. The average Bonchev–Trinajstić information content (AvgIpc) is 3.33. The van der Waals surface area contributed by atoms with Gasteiger partial charge in [-0.2, -0.15) is 0 Å². The molecule has 8 nitrogen and oxygen atoms in total. The normalized spacial score (nSPS) is 18.8. The summed E-state index contributed by atoms with van der Waals surface area (Å²) >= 11 is 0. The molecule has 5 rings (SSSR count). The number of hydrogen-bond donors (Lipinski definition) is 5. The largest absolute Gasteiger partial charge is 0.359 e. The fourth-order valence-electron chi connectivity index (χ4n) is 4.91. The minimum atomic E-state index is -1.13. The average molecular weight is 518 g/mol. The van der Waals surface area contributed by atoms with E-state index in [1.807, 2.05) is 20.8 Å². The molecule has 0 radical (unpaired) electrons. The van der Waals surface area contributed by atoms with Crippen molar-refractivity contribution in [1.29, 1.82) is 0 Å². The Hall–Kier alpha value is -4.42. The quantitative estimate of drug-likeness (QED) is 0.250. The summed E-state index contributed by atoms with van der Waals surface area (Å²) in [5, 5.41) is 8.53. The highest BCUT2D eigenvalue weighted by atomic mass is 19.1. The molecule has 3 unspecified atom stereocenters. The monoisotopic (exact) mass is 517 g/mol. The molecule has 3 amide bonds. The lowest BCUT2D eigenvalue weighted by Gasteiger charge is -2.34. The van der Waals surface area contributed by atoms with Crippen molar-refractivity contribution in [3.8, 4) is 11.8 Å². The van der Waals surface area contributed by atoms with Crippen LogP contribution in [0.5, 0.6) is 0 Å². The lowest BCUT2D eigenvalue weighted by atomic mass is 9.64. The summed E-state index contributed by atoms with van der Waals surface area (Å²) in [6.07, 6.45) is 0.616. The molecule has 1 spiro atoms. The van der Waals surface area contributed by atoms with E-state index in [1.54, 1.807) is 30.3 Å². The topological polar surface area (TPSA) is 129 Å². The van der Waals surface area contributed by atoms with Gasteiger partial charge in [-0.15, -0.1) is 0 Å². The number of amides is 3. The number of anilines is 2. The molecule has 0 bridgehead atoms. The predicted molar refractivity (Wildman–Crippen MR) is 146 cm³/mol. The fraction of sp³-hybridized carbons (Fsp3) is 0.276. The molecule has 1 aliphatic heterocycles. The van der Waals surface area contributed by atoms with Gasteiger partial charge in [-0.25, -0.2) is 4.39 Å². The standard InChI is InChI=1S/C27H23FN4O3.CH5N.CH4/c1-14-23(29-13-33)16(3)30-24(14)20-10-11-27(20)21-12-18(6-9-22(21)32-26(27)35)25(34)31-15(2)17-4-7-19(28)8-5-17;1-2;/h4-9,12-13,15,20,30H,1-3H3,(H,29,33)(H,31,34)(H,32,35);2H2,1H3;1H4. The third-order valence-corrected chi connectivity index (χ3v) is 6.85. The van der Waals surface area contributed by atoms with Gasteiger partial charge < -0.3 is 26.7 Å². The minimum Gasteiger partial charge on any atom is -0.359 e. The van der Waals surface area contributed by atoms with Gasteiger partial charge in [0.15, 0.2) is 5.41 Å². The number of fused-ring (bicyclic) bond motifs is 2. The van der Waals surface area contributed by atoms with Crippen molar-refractivity contribution in [2.45, 2.75) is 45.6 Å². The smallest absolute Gasteiger partial charge is 0.251 e. The van der Waals surface area contributed by atoms with Crippen molar-refractivity contribution in [1.82, 2.24) is 10.3 Å². The molecule has 0 saturated carbocycles. The molecule has 2 heterocycles. The zero-order valence-electron chi connectivity index (χ0n) is 21.0. The summed E-state index contributed by atoms with van der Waals surface area (Å²) in [6, 6.07) is 10.7. The molecule has 1 aromatic heterocycles. The molecule has 2 aromatic carbocycles. The van der Waals surface area contributed by atoms with Gasteiger partial charge in [0, 0.05) is 28.2 Å². The van der Waals surface area contributed by atoms with Crippen LogP contribution in [-0.2, 0) is 15.0 Å². The Bertz CT molecular complexity index is 1450. The molecule has 198 valence electrons. The molecule has 1 aliphatic carbocycles. The van der Waals surface area contributed by atoms with Gasteiger partial charge in [0.05, 0.1) is 17.6 Å². The van der Waals surface area contributed by atoms with Crippen molar-refractivity contribution < 1.29 is 18.8 Å². The first-order chi connectivity index (χ1) is 17.8. The van der Waals surface area contributed by atoms with Crippen LogP contribution >= 0.6 is 0 Å². The first-order valence-corrected chi connectivity index (χ1v) is 11.8. The van der Waals surface area contributed by atoms with Crippen LogP contribution in [0.25, 0.3) is 0 Å². The number of aromatic nitrogens is 1. The highest BCUT2D eigenvalue weighted by Crippen LogP contribution is 2.52. The van der Waals surface area contributed by atoms with E-state index >= 15 is 0 Å². The van der Waals surface area contributed by atoms with Gasteiger partial charge in [-0.3, -0.25) is 14.4 Å². The van der Waals surface area contributed by atoms with E-state index in [0.717, 1.165) is 22.5 Å². The Labute approximate surface area is 221 Å². The second-order valence-electron chi connectivity index (χ2n) is 8.90. The number of H-pyrrole nitrogens is 1. The third kappa shape index (κ3) is 4.44. The molecular weight excluding hydrogens is 485 g/mol. The van der Waals surface area contributed by atoms with Crippen LogP contribution in [-0.4, -0.2) is 30.3 Å². The molecular formula is C29H32FN5O3. The van der Waals surface area contributed by atoms with Gasteiger partial charge in [-0.05, 0) is 69.3 Å². The number of carbonyl (C=O) groups excluding carboxylic acids is 3. The molecule has 38 heavy (non-hydrogen) atoms. The van der Waals surface area contributed by atoms with E-state index < -0.39 is 11.3 Å². The Morgan fingerprint density at radius 2 is 1.87 bits per heavy atom. The van der Waals surface area contributed by atoms with E-state index in [9.17, 15) is 18.8 Å². The highest BCUT2D eigenvalue weighted by molar-refractivity contribution is 6.12. The van der Waals surface area contributed by atoms with E-state index in [4.69, 9.17) is 0 Å². The van der Waals surface area contributed by atoms with E-state index in [2.05, 4.69) is 38.5 Å². The number of aromatic amines is 1. The molecule has 3 atom stereocenters. The summed E-state index contributed by atoms with van der Waals surface area (Å²) in [5.41, 5.74) is 8.81. The van der Waals surface area contributed by atoms with Crippen molar-refractivity contribution >= 4 is 29.6 Å². The van der Waals surface area contributed by atoms with E-state index in [0.29, 0.717) is 28.9 Å². The van der Waals surface area contributed by atoms with Gasteiger partial charge in [0.1, 0.15) is 5.82 Å². The lowest BCUT2D eigenvalue weighted by Crippen LogP contribution is -2.44. The summed E-state index contributed by atoms with van der Waals surface area (Å²) in [4.78, 5) is 40.5. The Morgan fingerprint density at radius 3 is 2.47 bits per heavy atom. The SMILES string of the molecule is C.CN.Cc1[nH]c(C2C#CC23C(=O)Nc2ccc(C(=O)NC(C)c4ccc(F)cc4)cc23)c(C)c1NC=O. The number of hydrogen-bond acceptors (Lipinski definition) is 4. The Balaban J connectivity index is 0.00000130. The van der Waals surface area contributed by atoms with Crippen molar-refractivity contribution in [2.75, 3.05) is 17.7 Å². The first kappa shape index (κ1) is 28.2. The molecule has 0 fully saturated rings. The van der Waals surface area contributed by atoms with Crippen LogP contribution < -0.4 is 21.7 Å². The summed E-state index contributed by atoms with van der Waals surface area (Å²) in [7, 11) is 1.50. The fourth-order valence-corrected chi connectivity index (χ4v) is 4.91. The maximum Gasteiger partial charge on any atom is 0.251 e. The molecule has 3 aromatic rings. The van der Waals surface area contributed by atoms with Crippen molar-refractivity contribution in [3.63, 3.8) is 0 Å².